The third-order valence-electron chi connectivity index (χ3n) is 3.30. The Balaban J connectivity index is 1.52. The number of hydrogen-bond donors (Lipinski definition) is 2. The van der Waals surface area contributed by atoms with Crippen LogP contribution in [-0.4, -0.2) is 21.6 Å². The van der Waals surface area contributed by atoms with Crippen molar-refractivity contribution in [1.82, 2.24) is 9.97 Å². The summed E-state index contributed by atoms with van der Waals surface area (Å²) in [7, 11) is 0. The number of aromatic nitrogens is 2. The predicted molar refractivity (Wildman–Crippen MR) is 103 cm³/mol. The van der Waals surface area contributed by atoms with Crippen molar-refractivity contribution in [1.29, 1.82) is 0 Å². The van der Waals surface area contributed by atoms with Gasteiger partial charge >= 0.3 is 0 Å². The maximum absolute atomic E-state index is 12.1. The number of nitrogens with zero attached hydrogens (tertiary/aromatic N) is 2. The SMILES string of the molecule is Cc1cc(N)nc(SCC(=O)Nc2ccc(Oc3ccccc3)cc2)n1. The van der Waals surface area contributed by atoms with Gasteiger partial charge in [-0.25, -0.2) is 9.97 Å². The topological polar surface area (TPSA) is 90.1 Å². The quantitative estimate of drug-likeness (QED) is 0.508. The van der Waals surface area contributed by atoms with Gasteiger partial charge in [-0.1, -0.05) is 30.0 Å². The van der Waals surface area contributed by atoms with E-state index >= 15 is 0 Å². The van der Waals surface area contributed by atoms with Crippen molar-refractivity contribution in [3.8, 4) is 11.5 Å². The molecule has 0 aliphatic heterocycles. The number of hydrogen-bond acceptors (Lipinski definition) is 6. The number of aryl methyl sites for hydroxylation is 1. The number of nitrogen functional groups attached to an aromatic ring is 1. The van der Waals surface area contributed by atoms with Gasteiger partial charge in [0.15, 0.2) is 5.16 Å². The summed E-state index contributed by atoms with van der Waals surface area (Å²) in [6.07, 6.45) is 0. The van der Waals surface area contributed by atoms with Crippen LogP contribution in [0.2, 0.25) is 0 Å². The lowest BCUT2D eigenvalue weighted by Gasteiger charge is -2.08. The second-order valence-electron chi connectivity index (χ2n) is 5.49. The van der Waals surface area contributed by atoms with Crippen LogP contribution in [0.4, 0.5) is 11.5 Å². The van der Waals surface area contributed by atoms with Crippen molar-refractivity contribution < 1.29 is 9.53 Å². The first-order valence-electron chi connectivity index (χ1n) is 7.95. The molecule has 2 aromatic carbocycles. The van der Waals surface area contributed by atoms with Crippen LogP contribution in [-0.2, 0) is 4.79 Å². The third kappa shape index (κ3) is 5.22. The highest BCUT2D eigenvalue weighted by Gasteiger charge is 2.07. The number of nitrogens with two attached hydrogens (primary N) is 1. The fourth-order valence-corrected chi connectivity index (χ4v) is 2.90. The number of para-hydroxylation sites is 1. The molecule has 1 amide bonds. The summed E-state index contributed by atoms with van der Waals surface area (Å²) in [4.78, 5) is 20.4. The molecule has 0 aliphatic rings. The Morgan fingerprint density at radius 1 is 1.08 bits per heavy atom. The van der Waals surface area contributed by atoms with E-state index in [0.29, 0.717) is 22.4 Å². The maximum atomic E-state index is 12.1. The average Bonchev–Trinajstić information content (AvgIpc) is 2.62. The molecular formula is C19H18N4O2S. The number of ether oxygens (including phenoxy) is 1. The Morgan fingerprint density at radius 3 is 2.46 bits per heavy atom. The molecule has 1 heterocycles. The van der Waals surface area contributed by atoms with Crippen LogP contribution in [0.1, 0.15) is 5.69 Å². The summed E-state index contributed by atoms with van der Waals surface area (Å²) in [5.41, 5.74) is 7.15. The second kappa shape index (κ2) is 8.35. The van der Waals surface area contributed by atoms with Crippen LogP contribution >= 0.6 is 11.8 Å². The first kappa shape index (κ1) is 17.8. The Kier molecular flexibility index (Phi) is 5.70. The molecule has 132 valence electrons. The number of amides is 1. The number of rotatable bonds is 6. The highest BCUT2D eigenvalue weighted by molar-refractivity contribution is 7.99. The Labute approximate surface area is 155 Å². The smallest absolute Gasteiger partial charge is 0.234 e. The lowest BCUT2D eigenvalue weighted by molar-refractivity contribution is -0.113. The zero-order valence-electron chi connectivity index (χ0n) is 14.2. The Hall–Kier alpha value is -3.06. The fourth-order valence-electron chi connectivity index (χ4n) is 2.19. The predicted octanol–water partition coefficient (Wildman–Crippen LogP) is 3.89. The van der Waals surface area contributed by atoms with Crippen molar-refractivity contribution in [2.24, 2.45) is 0 Å². The Bertz CT molecular complexity index is 866. The number of carbonyl (C=O) groups is 1. The Morgan fingerprint density at radius 2 is 1.77 bits per heavy atom. The number of thioether (sulfide) groups is 1. The van der Waals surface area contributed by atoms with Gasteiger partial charge in [0.1, 0.15) is 17.3 Å². The van der Waals surface area contributed by atoms with Gasteiger partial charge in [0, 0.05) is 17.4 Å². The third-order valence-corrected chi connectivity index (χ3v) is 4.15. The van der Waals surface area contributed by atoms with E-state index in [0.717, 1.165) is 11.4 Å². The van der Waals surface area contributed by atoms with Gasteiger partial charge in [0.25, 0.3) is 0 Å². The molecule has 7 heteroatoms. The van der Waals surface area contributed by atoms with E-state index in [9.17, 15) is 4.79 Å². The molecule has 0 fully saturated rings. The van der Waals surface area contributed by atoms with Crippen molar-refractivity contribution in [3.63, 3.8) is 0 Å². The number of nitrogens with one attached hydrogen (secondary N) is 1. The van der Waals surface area contributed by atoms with E-state index in [-0.39, 0.29) is 11.7 Å². The van der Waals surface area contributed by atoms with E-state index in [1.807, 2.05) is 37.3 Å². The first-order valence-corrected chi connectivity index (χ1v) is 8.94. The molecule has 0 atom stereocenters. The van der Waals surface area contributed by atoms with Crippen molar-refractivity contribution >= 4 is 29.2 Å². The molecule has 0 unspecified atom stereocenters. The summed E-state index contributed by atoms with van der Waals surface area (Å²) < 4.78 is 5.72. The molecule has 6 nitrogen and oxygen atoms in total. The van der Waals surface area contributed by atoms with Crippen molar-refractivity contribution in [3.05, 3.63) is 66.4 Å². The molecule has 3 N–H and O–H groups in total. The highest BCUT2D eigenvalue weighted by Crippen LogP contribution is 2.23. The minimum atomic E-state index is -0.143. The van der Waals surface area contributed by atoms with Gasteiger partial charge in [0.05, 0.1) is 5.75 Å². The summed E-state index contributed by atoms with van der Waals surface area (Å²) >= 11 is 1.24. The van der Waals surface area contributed by atoms with E-state index in [2.05, 4.69) is 15.3 Å². The van der Waals surface area contributed by atoms with Crippen LogP contribution in [0.15, 0.2) is 65.8 Å². The molecule has 0 saturated heterocycles. The summed E-state index contributed by atoms with van der Waals surface area (Å²) in [5, 5.41) is 3.32. The molecule has 3 aromatic rings. The van der Waals surface area contributed by atoms with Crippen LogP contribution < -0.4 is 15.8 Å². The number of anilines is 2. The normalized spacial score (nSPS) is 10.3. The molecule has 0 radical (unpaired) electrons. The molecule has 0 bridgehead atoms. The highest BCUT2D eigenvalue weighted by atomic mass is 32.2. The maximum Gasteiger partial charge on any atom is 0.234 e. The van der Waals surface area contributed by atoms with Gasteiger partial charge in [-0.05, 0) is 43.3 Å². The van der Waals surface area contributed by atoms with Gasteiger partial charge in [-0.2, -0.15) is 0 Å². The zero-order valence-corrected chi connectivity index (χ0v) is 15.0. The number of benzene rings is 2. The summed E-state index contributed by atoms with van der Waals surface area (Å²) in [6, 6.07) is 18.4. The standard InChI is InChI=1S/C19H18N4O2S/c1-13-11-17(20)23-19(21-13)26-12-18(24)22-14-7-9-16(10-8-14)25-15-5-3-2-4-6-15/h2-11H,12H2,1H3,(H,22,24)(H2,20,21,23). The van der Waals surface area contributed by atoms with E-state index in [4.69, 9.17) is 10.5 Å². The van der Waals surface area contributed by atoms with E-state index in [1.54, 1.807) is 30.3 Å². The molecule has 1 aromatic heterocycles. The lowest BCUT2D eigenvalue weighted by Crippen LogP contribution is -2.14. The molecule has 26 heavy (non-hydrogen) atoms. The summed E-state index contributed by atoms with van der Waals surface area (Å²) in [5.74, 6) is 1.92. The molecule has 0 aliphatic carbocycles. The van der Waals surface area contributed by atoms with Crippen LogP contribution in [0.3, 0.4) is 0 Å². The number of carbonyl (C=O) groups excluding carboxylic acids is 1. The van der Waals surface area contributed by atoms with Gasteiger partial charge in [0.2, 0.25) is 5.91 Å². The second-order valence-corrected chi connectivity index (χ2v) is 6.44. The van der Waals surface area contributed by atoms with Gasteiger partial charge in [-0.15, -0.1) is 0 Å². The van der Waals surface area contributed by atoms with Crippen LogP contribution in [0.5, 0.6) is 11.5 Å². The fraction of sp³-hybridized carbons (Fsp3) is 0.105. The lowest BCUT2D eigenvalue weighted by atomic mass is 10.3. The van der Waals surface area contributed by atoms with Crippen LogP contribution in [0, 0.1) is 6.92 Å². The van der Waals surface area contributed by atoms with Crippen LogP contribution in [0.25, 0.3) is 0 Å². The summed E-state index contributed by atoms with van der Waals surface area (Å²) in [6.45, 7) is 1.83. The largest absolute Gasteiger partial charge is 0.457 e. The monoisotopic (exact) mass is 366 g/mol. The zero-order chi connectivity index (χ0) is 18.4. The minimum Gasteiger partial charge on any atom is -0.457 e. The van der Waals surface area contributed by atoms with Crippen molar-refractivity contribution in [2.45, 2.75) is 12.1 Å². The minimum absolute atomic E-state index is 0.143. The van der Waals surface area contributed by atoms with Gasteiger partial charge in [-0.3, -0.25) is 4.79 Å². The van der Waals surface area contributed by atoms with E-state index < -0.39 is 0 Å². The molecule has 3 rings (SSSR count). The van der Waals surface area contributed by atoms with Crippen molar-refractivity contribution in [2.75, 3.05) is 16.8 Å². The van der Waals surface area contributed by atoms with Gasteiger partial charge < -0.3 is 15.8 Å². The first-order chi connectivity index (χ1) is 12.6. The molecule has 0 spiro atoms. The van der Waals surface area contributed by atoms with E-state index in [1.165, 1.54) is 11.8 Å². The molecular weight excluding hydrogens is 348 g/mol. The molecule has 0 saturated carbocycles. The average molecular weight is 366 g/mol.